The number of rotatable bonds is 6. The van der Waals surface area contributed by atoms with Gasteiger partial charge < -0.3 is 10.2 Å². The highest BCUT2D eigenvalue weighted by atomic mass is 35.5. The molecule has 2 fully saturated rings. The van der Waals surface area contributed by atoms with Crippen LogP contribution in [0.2, 0.25) is 5.02 Å². The van der Waals surface area contributed by atoms with Crippen LogP contribution in [0.25, 0.3) is 0 Å². The molecule has 9 heteroatoms. The number of halogens is 1. The normalized spacial score (nSPS) is 18.5. The van der Waals surface area contributed by atoms with Crippen molar-refractivity contribution in [1.82, 2.24) is 14.6 Å². The summed E-state index contributed by atoms with van der Waals surface area (Å²) in [6, 6.07) is 10.8. The lowest BCUT2D eigenvalue weighted by Gasteiger charge is -2.34. The molecule has 32 heavy (non-hydrogen) atoms. The Hall–Kier alpha value is -2.16. The molecule has 3 heterocycles. The molecule has 7 nitrogen and oxygen atoms in total. The van der Waals surface area contributed by atoms with E-state index in [4.69, 9.17) is 11.6 Å². The van der Waals surface area contributed by atoms with Crippen LogP contribution in [0.3, 0.4) is 0 Å². The maximum Gasteiger partial charge on any atom is 0.246 e. The summed E-state index contributed by atoms with van der Waals surface area (Å²) >= 11 is 6.01. The second-order valence-electron chi connectivity index (χ2n) is 8.40. The molecule has 2 saturated heterocycles. The monoisotopic (exact) mass is 476 g/mol. The molecule has 0 bridgehead atoms. The molecule has 2 aliphatic heterocycles. The minimum absolute atomic E-state index is 0.0202. The van der Waals surface area contributed by atoms with Gasteiger partial charge in [0.2, 0.25) is 15.9 Å². The van der Waals surface area contributed by atoms with Crippen molar-refractivity contribution < 1.29 is 13.2 Å². The van der Waals surface area contributed by atoms with E-state index in [0.717, 1.165) is 24.8 Å². The molecule has 172 valence electrons. The second kappa shape index (κ2) is 10.2. The number of nitrogens with one attached hydrogen (secondary N) is 1. The lowest BCUT2D eigenvalue weighted by atomic mass is 9.96. The average Bonchev–Trinajstić information content (AvgIpc) is 2.83. The summed E-state index contributed by atoms with van der Waals surface area (Å²) in [6.07, 6.45) is 5.80. The van der Waals surface area contributed by atoms with E-state index in [1.807, 2.05) is 23.1 Å². The van der Waals surface area contributed by atoms with Crippen LogP contribution >= 0.6 is 11.6 Å². The molecule has 0 saturated carbocycles. The fourth-order valence-electron chi connectivity index (χ4n) is 4.40. The van der Waals surface area contributed by atoms with E-state index in [0.29, 0.717) is 56.4 Å². The minimum atomic E-state index is -3.58. The standard InChI is InChI=1S/C23H29ClN4O3S/c24-20-7-4-6-18(16-20)17-26-23(29)19-9-14-27(15-10-19)22-21(8-5-11-25-22)32(30,31)28-12-2-1-3-13-28/h4-8,11,16,19H,1-3,9-10,12-15,17H2,(H,26,29). The fraction of sp³-hybridized carbons (Fsp3) is 0.478. The zero-order chi connectivity index (χ0) is 22.6. The summed E-state index contributed by atoms with van der Waals surface area (Å²) < 4.78 is 28.1. The summed E-state index contributed by atoms with van der Waals surface area (Å²) in [7, 11) is -3.58. The third-order valence-electron chi connectivity index (χ3n) is 6.20. The summed E-state index contributed by atoms with van der Waals surface area (Å²) in [6.45, 7) is 2.75. The van der Waals surface area contributed by atoms with Gasteiger partial charge in [-0.2, -0.15) is 4.31 Å². The quantitative estimate of drug-likeness (QED) is 0.690. The highest BCUT2D eigenvalue weighted by Crippen LogP contribution is 2.30. The Morgan fingerprint density at radius 1 is 1.06 bits per heavy atom. The largest absolute Gasteiger partial charge is 0.355 e. The summed E-state index contributed by atoms with van der Waals surface area (Å²) in [5, 5.41) is 3.64. The van der Waals surface area contributed by atoms with Crippen LogP contribution in [0, 0.1) is 5.92 Å². The molecular weight excluding hydrogens is 448 g/mol. The molecule has 0 aliphatic carbocycles. The first kappa shape index (κ1) is 23.0. The van der Waals surface area contributed by atoms with Gasteiger partial charge in [-0.15, -0.1) is 0 Å². The predicted molar refractivity (Wildman–Crippen MR) is 125 cm³/mol. The van der Waals surface area contributed by atoms with E-state index in [1.165, 1.54) is 0 Å². The molecule has 1 N–H and O–H groups in total. The Morgan fingerprint density at radius 2 is 1.81 bits per heavy atom. The molecule has 2 aliphatic rings. The van der Waals surface area contributed by atoms with Crippen molar-refractivity contribution in [3.05, 3.63) is 53.2 Å². The first-order chi connectivity index (χ1) is 15.4. The van der Waals surface area contributed by atoms with Crippen LogP contribution in [-0.4, -0.2) is 49.8 Å². The van der Waals surface area contributed by atoms with Crippen LogP contribution in [0.4, 0.5) is 5.82 Å². The smallest absolute Gasteiger partial charge is 0.246 e. The third-order valence-corrected chi connectivity index (χ3v) is 8.36. The lowest BCUT2D eigenvalue weighted by Crippen LogP contribution is -2.42. The van der Waals surface area contributed by atoms with E-state index in [2.05, 4.69) is 10.3 Å². The number of sulfonamides is 1. The number of hydrogen-bond donors (Lipinski definition) is 1. The van der Waals surface area contributed by atoms with Crippen molar-refractivity contribution in [1.29, 1.82) is 0 Å². The van der Waals surface area contributed by atoms with Crippen LogP contribution in [0.5, 0.6) is 0 Å². The van der Waals surface area contributed by atoms with Gasteiger partial charge in [0.25, 0.3) is 0 Å². The van der Waals surface area contributed by atoms with Gasteiger partial charge >= 0.3 is 0 Å². The van der Waals surface area contributed by atoms with Crippen molar-refractivity contribution in [3.8, 4) is 0 Å². The Balaban J connectivity index is 1.39. The summed E-state index contributed by atoms with van der Waals surface area (Å²) in [5.41, 5.74) is 0.962. The number of nitrogens with zero attached hydrogens (tertiary/aromatic N) is 3. The van der Waals surface area contributed by atoms with Crippen molar-refractivity contribution in [2.24, 2.45) is 5.92 Å². The summed E-state index contributed by atoms with van der Waals surface area (Å²) in [4.78, 5) is 19.3. The van der Waals surface area contributed by atoms with Gasteiger partial charge in [0, 0.05) is 49.9 Å². The Bertz CT molecular complexity index is 1050. The first-order valence-electron chi connectivity index (χ1n) is 11.2. The van der Waals surface area contributed by atoms with E-state index < -0.39 is 10.0 Å². The Labute approximate surface area is 194 Å². The maximum atomic E-state index is 13.3. The van der Waals surface area contributed by atoms with E-state index in [9.17, 15) is 13.2 Å². The average molecular weight is 477 g/mol. The fourth-order valence-corrected chi connectivity index (χ4v) is 6.29. The molecule has 1 aromatic heterocycles. The van der Waals surface area contributed by atoms with Crippen LogP contribution < -0.4 is 10.2 Å². The molecule has 0 spiro atoms. The van der Waals surface area contributed by atoms with Gasteiger partial charge in [-0.05, 0) is 55.5 Å². The molecule has 2 aromatic rings. The minimum Gasteiger partial charge on any atom is -0.355 e. The first-order valence-corrected chi connectivity index (χ1v) is 13.0. The molecule has 4 rings (SSSR count). The Morgan fingerprint density at radius 3 is 2.53 bits per heavy atom. The number of piperidine rings is 2. The van der Waals surface area contributed by atoms with Crippen molar-refractivity contribution in [2.45, 2.75) is 43.5 Å². The predicted octanol–water partition coefficient (Wildman–Crippen LogP) is 3.44. The van der Waals surface area contributed by atoms with Crippen molar-refractivity contribution >= 4 is 33.3 Å². The summed E-state index contributed by atoms with van der Waals surface area (Å²) in [5.74, 6) is 0.416. The van der Waals surface area contributed by atoms with Crippen LogP contribution in [0.15, 0.2) is 47.5 Å². The highest BCUT2D eigenvalue weighted by molar-refractivity contribution is 7.89. The number of pyridine rings is 1. The topological polar surface area (TPSA) is 82.6 Å². The molecular formula is C23H29ClN4O3S. The van der Waals surface area contributed by atoms with Crippen molar-refractivity contribution in [2.75, 3.05) is 31.1 Å². The number of hydrogen-bond acceptors (Lipinski definition) is 5. The van der Waals surface area contributed by atoms with Gasteiger partial charge in [-0.1, -0.05) is 30.2 Å². The van der Waals surface area contributed by atoms with E-state index >= 15 is 0 Å². The van der Waals surface area contributed by atoms with Gasteiger partial charge in [0.15, 0.2) is 0 Å². The number of benzene rings is 1. The number of carbonyl (C=O) groups is 1. The van der Waals surface area contributed by atoms with Gasteiger partial charge in [0.05, 0.1) is 0 Å². The number of aromatic nitrogens is 1. The van der Waals surface area contributed by atoms with E-state index in [1.54, 1.807) is 28.7 Å². The highest BCUT2D eigenvalue weighted by Gasteiger charge is 2.32. The number of carbonyl (C=O) groups excluding carboxylic acids is 1. The number of anilines is 1. The van der Waals surface area contributed by atoms with E-state index in [-0.39, 0.29) is 16.7 Å². The second-order valence-corrected chi connectivity index (χ2v) is 10.7. The molecule has 1 amide bonds. The van der Waals surface area contributed by atoms with Crippen molar-refractivity contribution in [3.63, 3.8) is 0 Å². The van der Waals surface area contributed by atoms with Gasteiger partial charge in [-0.3, -0.25) is 4.79 Å². The molecule has 1 aromatic carbocycles. The van der Waals surface area contributed by atoms with Crippen LogP contribution in [-0.2, 0) is 21.4 Å². The maximum absolute atomic E-state index is 13.3. The number of amides is 1. The molecule has 0 radical (unpaired) electrons. The lowest BCUT2D eigenvalue weighted by molar-refractivity contribution is -0.125. The van der Waals surface area contributed by atoms with Crippen LogP contribution in [0.1, 0.15) is 37.7 Å². The van der Waals surface area contributed by atoms with Gasteiger partial charge in [0.1, 0.15) is 10.7 Å². The molecule has 0 unspecified atom stereocenters. The SMILES string of the molecule is O=C(NCc1cccc(Cl)c1)C1CCN(c2ncccc2S(=O)(=O)N2CCCCC2)CC1. The zero-order valence-electron chi connectivity index (χ0n) is 18.0. The Kier molecular flexibility index (Phi) is 7.33. The van der Waals surface area contributed by atoms with Gasteiger partial charge in [-0.25, -0.2) is 13.4 Å². The molecule has 0 atom stereocenters. The zero-order valence-corrected chi connectivity index (χ0v) is 19.6. The third kappa shape index (κ3) is 5.24.